The van der Waals surface area contributed by atoms with Crippen LogP contribution in [-0.4, -0.2) is 21.8 Å². The molecule has 1 fully saturated rings. The van der Waals surface area contributed by atoms with Crippen molar-refractivity contribution in [3.8, 4) is 0 Å². The average molecular weight is 398 g/mol. The molecule has 1 atom stereocenters. The monoisotopic (exact) mass is 398 g/mol. The zero-order valence-corrected chi connectivity index (χ0v) is 17.1. The number of pyridine rings is 1. The lowest BCUT2D eigenvalue weighted by atomic mass is 9.94. The third-order valence-corrected chi connectivity index (χ3v) is 5.37. The molecule has 1 unspecified atom stereocenters. The van der Waals surface area contributed by atoms with Crippen LogP contribution in [0.15, 0.2) is 72.6 Å². The molecule has 0 saturated carbocycles. The molecule has 1 aromatic heterocycles. The van der Waals surface area contributed by atoms with Crippen molar-refractivity contribution in [1.82, 2.24) is 4.98 Å². The highest BCUT2D eigenvalue weighted by molar-refractivity contribution is 6.51. The number of rotatable bonds is 3. The lowest BCUT2D eigenvalue weighted by Gasteiger charge is -2.25. The van der Waals surface area contributed by atoms with Gasteiger partial charge in [-0.25, -0.2) is 0 Å². The van der Waals surface area contributed by atoms with Gasteiger partial charge in [0.05, 0.1) is 11.6 Å². The van der Waals surface area contributed by atoms with Crippen molar-refractivity contribution in [2.45, 2.75) is 26.8 Å². The predicted molar refractivity (Wildman–Crippen MR) is 116 cm³/mol. The Bertz CT molecular complexity index is 1180. The van der Waals surface area contributed by atoms with Gasteiger partial charge in [-0.05, 0) is 61.7 Å². The quantitative estimate of drug-likeness (QED) is 0.397. The second-order valence-electron chi connectivity index (χ2n) is 7.61. The zero-order valence-electron chi connectivity index (χ0n) is 17.1. The number of ketones is 1. The van der Waals surface area contributed by atoms with Crippen LogP contribution in [0.4, 0.5) is 5.69 Å². The van der Waals surface area contributed by atoms with E-state index in [1.807, 2.05) is 63.2 Å². The Morgan fingerprint density at radius 2 is 1.73 bits per heavy atom. The first kappa shape index (κ1) is 19.6. The predicted octanol–water partition coefficient (Wildman–Crippen LogP) is 4.63. The minimum atomic E-state index is -0.764. The Balaban J connectivity index is 1.98. The second-order valence-corrected chi connectivity index (χ2v) is 7.61. The van der Waals surface area contributed by atoms with Crippen molar-refractivity contribution in [3.63, 3.8) is 0 Å². The van der Waals surface area contributed by atoms with E-state index in [0.29, 0.717) is 16.8 Å². The van der Waals surface area contributed by atoms with Crippen LogP contribution < -0.4 is 4.90 Å². The Hall–Kier alpha value is -3.73. The van der Waals surface area contributed by atoms with Gasteiger partial charge in [-0.2, -0.15) is 0 Å². The molecule has 3 aromatic rings. The molecule has 5 heteroatoms. The molecule has 1 aliphatic heterocycles. The summed E-state index contributed by atoms with van der Waals surface area (Å²) in [5.74, 6) is -1.54. The summed E-state index contributed by atoms with van der Waals surface area (Å²) in [5, 5.41) is 11.2. The molecule has 2 aromatic carbocycles. The van der Waals surface area contributed by atoms with Crippen molar-refractivity contribution in [2.75, 3.05) is 4.90 Å². The average Bonchev–Trinajstić information content (AvgIpc) is 3.01. The molecular formula is C25H22N2O3. The van der Waals surface area contributed by atoms with E-state index in [0.717, 1.165) is 16.7 Å². The van der Waals surface area contributed by atoms with Crippen LogP contribution >= 0.6 is 0 Å². The lowest BCUT2D eigenvalue weighted by Crippen LogP contribution is -2.29. The Kier molecular flexibility index (Phi) is 4.96. The van der Waals surface area contributed by atoms with Gasteiger partial charge in [-0.1, -0.05) is 35.9 Å². The number of carbonyl (C=O) groups excluding carboxylic acids is 2. The van der Waals surface area contributed by atoms with Gasteiger partial charge in [0.1, 0.15) is 5.76 Å². The number of benzene rings is 2. The van der Waals surface area contributed by atoms with Crippen molar-refractivity contribution in [2.24, 2.45) is 0 Å². The summed E-state index contributed by atoms with van der Waals surface area (Å²) in [6, 6.07) is 15.9. The second kappa shape index (κ2) is 7.59. The summed E-state index contributed by atoms with van der Waals surface area (Å²) in [6.07, 6.45) is 3.25. The van der Waals surface area contributed by atoms with Gasteiger partial charge in [0.25, 0.3) is 11.7 Å². The lowest BCUT2D eigenvalue weighted by molar-refractivity contribution is -0.132. The molecule has 5 nitrogen and oxygen atoms in total. The summed E-state index contributed by atoms with van der Waals surface area (Å²) < 4.78 is 0. The number of aryl methyl sites for hydroxylation is 3. The number of amides is 1. The summed E-state index contributed by atoms with van der Waals surface area (Å²) >= 11 is 0. The van der Waals surface area contributed by atoms with Crippen molar-refractivity contribution in [1.29, 1.82) is 0 Å². The third-order valence-electron chi connectivity index (χ3n) is 5.37. The first-order chi connectivity index (χ1) is 14.4. The molecule has 150 valence electrons. The number of aliphatic hydroxyl groups excluding tert-OH is 1. The van der Waals surface area contributed by atoms with Gasteiger partial charge in [-0.3, -0.25) is 19.5 Å². The largest absolute Gasteiger partial charge is 0.507 e. The van der Waals surface area contributed by atoms with E-state index in [2.05, 4.69) is 4.98 Å². The zero-order chi connectivity index (χ0) is 21.4. The van der Waals surface area contributed by atoms with Crippen LogP contribution in [0, 0.1) is 20.8 Å². The Morgan fingerprint density at radius 3 is 2.43 bits per heavy atom. The standard InChI is InChI=1S/C25H22N2O3/c1-15-6-4-8-19(12-15)27-22(18-7-5-11-26-14-18)21(24(29)25(27)30)23(28)20-13-16(2)9-10-17(20)3/h4-14,22,28H,1-3H3/b23-21+. The fourth-order valence-electron chi connectivity index (χ4n) is 3.87. The fourth-order valence-corrected chi connectivity index (χ4v) is 3.87. The van der Waals surface area contributed by atoms with E-state index < -0.39 is 17.7 Å². The van der Waals surface area contributed by atoms with Gasteiger partial charge in [-0.15, -0.1) is 0 Å². The number of aliphatic hydroxyl groups is 1. The molecule has 2 heterocycles. The molecule has 0 spiro atoms. The highest BCUT2D eigenvalue weighted by Gasteiger charge is 2.47. The van der Waals surface area contributed by atoms with Crippen LogP contribution in [0.5, 0.6) is 0 Å². The van der Waals surface area contributed by atoms with Gasteiger partial charge in [0.2, 0.25) is 0 Å². The number of Topliss-reactive ketones (excluding diaryl/α,β-unsaturated/α-hetero) is 1. The maximum atomic E-state index is 13.1. The molecule has 1 saturated heterocycles. The maximum absolute atomic E-state index is 13.1. The van der Waals surface area contributed by atoms with E-state index in [9.17, 15) is 14.7 Å². The van der Waals surface area contributed by atoms with Crippen molar-refractivity contribution >= 4 is 23.1 Å². The number of nitrogens with zero attached hydrogens (tertiary/aromatic N) is 2. The Labute approximate surface area is 175 Å². The molecular weight excluding hydrogens is 376 g/mol. The van der Waals surface area contributed by atoms with E-state index in [4.69, 9.17) is 0 Å². The highest BCUT2D eigenvalue weighted by Crippen LogP contribution is 2.42. The summed E-state index contributed by atoms with van der Waals surface area (Å²) in [5.41, 5.74) is 4.62. The number of aromatic nitrogens is 1. The molecule has 0 bridgehead atoms. The van der Waals surface area contributed by atoms with Gasteiger partial charge < -0.3 is 5.11 Å². The minimum absolute atomic E-state index is 0.0724. The summed E-state index contributed by atoms with van der Waals surface area (Å²) in [6.45, 7) is 5.71. The summed E-state index contributed by atoms with van der Waals surface area (Å²) in [7, 11) is 0. The first-order valence-electron chi connectivity index (χ1n) is 9.73. The molecule has 0 radical (unpaired) electrons. The topological polar surface area (TPSA) is 70.5 Å². The van der Waals surface area contributed by atoms with Crippen LogP contribution in [0.3, 0.4) is 0 Å². The summed E-state index contributed by atoms with van der Waals surface area (Å²) in [4.78, 5) is 31.9. The number of hydrogen-bond donors (Lipinski definition) is 1. The smallest absolute Gasteiger partial charge is 0.300 e. The normalized spacial score (nSPS) is 18.1. The van der Waals surface area contributed by atoms with Crippen LogP contribution in [0.1, 0.15) is 33.9 Å². The molecule has 30 heavy (non-hydrogen) atoms. The van der Waals surface area contributed by atoms with Crippen LogP contribution in [0.2, 0.25) is 0 Å². The van der Waals surface area contributed by atoms with E-state index >= 15 is 0 Å². The SMILES string of the molecule is Cc1cccc(N2C(=O)C(=O)/C(=C(/O)c3cc(C)ccc3C)C2c2cccnc2)c1. The molecule has 4 rings (SSSR count). The number of hydrogen-bond acceptors (Lipinski definition) is 4. The third kappa shape index (κ3) is 3.28. The number of carbonyl (C=O) groups is 2. The first-order valence-corrected chi connectivity index (χ1v) is 9.73. The highest BCUT2D eigenvalue weighted by atomic mass is 16.3. The van der Waals surface area contributed by atoms with Crippen LogP contribution in [-0.2, 0) is 9.59 Å². The van der Waals surface area contributed by atoms with Gasteiger partial charge >= 0.3 is 0 Å². The van der Waals surface area contributed by atoms with E-state index in [1.54, 1.807) is 24.5 Å². The molecule has 0 aliphatic carbocycles. The Morgan fingerprint density at radius 1 is 0.967 bits per heavy atom. The van der Waals surface area contributed by atoms with E-state index in [1.165, 1.54) is 4.90 Å². The fraction of sp³-hybridized carbons (Fsp3) is 0.160. The molecule has 1 amide bonds. The van der Waals surface area contributed by atoms with Crippen LogP contribution in [0.25, 0.3) is 5.76 Å². The van der Waals surface area contributed by atoms with Crippen molar-refractivity contribution in [3.05, 3.63) is 100 Å². The van der Waals surface area contributed by atoms with Crippen molar-refractivity contribution < 1.29 is 14.7 Å². The molecule has 1 N–H and O–H groups in total. The minimum Gasteiger partial charge on any atom is -0.507 e. The van der Waals surface area contributed by atoms with E-state index in [-0.39, 0.29) is 11.3 Å². The molecule has 1 aliphatic rings. The van der Waals surface area contributed by atoms with Gasteiger partial charge in [0.15, 0.2) is 0 Å². The number of anilines is 1. The maximum Gasteiger partial charge on any atom is 0.300 e. The van der Waals surface area contributed by atoms with Gasteiger partial charge in [0, 0.05) is 23.6 Å².